The largest absolute Gasteiger partial charge is 0.312 e. The molecule has 0 bridgehead atoms. The standard InChI is InChI=1S/C9H21N3/c1-4-7-11-9(12-10)8(5-2)6-3/h8H,4-7,10H2,1-3H3,(H,11,12). The molecule has 0 aliphatic carbocycles. The Balaban J connectivity index is 4.09. The predicted octanol–water partition coefficient (Wildman–Crippen LogP) is 1.69. The van der Waals surface area contributed by atoms with E-state index in [1.807, 2.05) is 0 Å². The molecule has 0 aromatic rings. The summed E-state index contributed by atoms with van der Waals surface area (Å²) in [5.74, 6) is 6.85. The third-order valence-corrected chi connectivity index (χ3v) is 2.03. The van der Waals surface area contributed by atoms with E-state index in [4.69, 9.17) is 5.84 Å². The molecule has 0 rings (SSSR count). The van der Waals surface area contributed by atoms with Crippen molar-refractivity contribution in [3.8, 4) is 0 Å². The molecule has 0 aromatic heterocycles. The molecule has 0 unspecified atom stereocenters. The number of rotatable bonds is 5. The van der Waals surface area contributed by atoms with Crippen molar-refractivity contribution < 1.29 is 0 Å². The molecule has 0 aliphatic rings. The van der Waals surface area contributed by atoms with Crippen molar-refractivity contribution in [3.05, 3.63) is 0 Å². The van der Waals surface area contributed by atoms with Gasteiger partial charge in [-0.15, -0.1) is 0 Å². The molecule has 0 heterocycles. The van der Waals surface area contributed by atoms with Crippen LogP contribution in [0.25, 0.3) is 0 Å². The Morgan fingerprint density at radius 2 is 1.92 bits per heavy atom. The quantitative estimate of drug-likeness (QED) is 0.286. The number of hydrazine groups is 1. The van der Waals surface area contributed by atoms with Crippen molar-refractivity contribution >= 4 is 5.84 Å². The molecule has 72 valence electrons. The molecule has 0 saturated carbocycles. The van der Waals surface area contributed by atoms with Gasteiger partial charge in [-0.1, -0.05) is 20.8 Å². The number of hydrogen-bond acceptors (Lipinski definition) is 2. The second-order valence-electron chi connectivity index (χ2n) is 2.92. The van der Waals surface area contributed by atoms with Crippen LogP contribution >= 0.6 is 0 Å². The maximum Gasteiger partial charge on any atom is 0.113 e. The first-order chi connectivity index (χ1) is 5.79. The molecule has 0 fully saturated rings. The Labute approximate surface area is 75.4 Å². The summed E-state index contributed by atoms with van der Waals surface area (Å²) in [7, 11) is 0. The molecular weight excluding hydrogens is 150 g/mol. The van der Waals surface area contributed by atoms with Crippen LogP contribution in [-0.2, 0) is 0 Å². The number of aliphatic imine (C=N–C) groups is 1. The van der Waals surface area contributed by atoms with Crippen LogP contribution in [0.1, 0.15) is 40.0 Å². The van der Waals surface area contributed by atoms with Gasteiger partial charge in [0.25, 0.3) is 0 Å². The fourth-order valence-electron chi connectivity index (χ4n) is 1.20. The van der Waals surface area contributed by atoms with Crippen molar-refractivity contribution in [3.63, 3.8) is 0 Å². The minimum absolute atomic E-state index is 0.501. The Hall–Kier alpha value is -0.570. The van der Waals surface area contributed by atoms with Crippen LogP contribution in [0.5, 0.6) is 0 Å². The Morgan fingerprint density at radius 3 is 2.25 bits per heavy atom. The van der Waals surface area contributed by atoms with Crippen LogP contribution in [0.2, 0.25) is 0 Å². The maximum atomic E-state index is 5.38. The number of amidine groups is 1. The van der Waals surface area contributed by atoms with E-state index in [-0.39, 0.29) is 0 Å². The summed E-state index contributed by atoms with van der Waals surface area (Å²) in [6, 6.07) is 0. The molecule has 0 amide bonds. The van der Waals surface area contributed by atoms with Crippen molar-refractivity contribution in [1.29, 1.82) is 0 Å². The minimum atomic E-state index is 0.501. The molecule has 12 heavy (non-hydrogen) atoms. The third-order valence-electron chi connectivity index (χ3n) is 2.03. The van der Waals surface area contributed by atoms with E-state index < -0.39 is 0 Å². The van der Waals surface area contributed by atoms with Gasteiger partial charge in [0.05, 0.1) is 0 Å². The zero-order chi connectivity index (χ0) is 9.40. The van der Waals surface area contributed by atoms with E-state index >= 15 is 0 Å². The SMILES string of the molecule is CCCN=C(NN)C(CC)CC. The zero-order valence-electron chi connectivity index (χ0n) is 8.43. The summed E-state index contributed by atoms with van der Waals surface area (Å²) >= 11 is 0. The van der Waals surface area contributed by atoms with E-state index in [0.29, 0.717) is 5.92 Å². The minimum Gasteiger partial charge on any atom is -0.312 e. The average molecular weight is 171 g/mol. The van der Waals surface area contributed by atoms with E-state index in [2.05, 4.69) is 31.2 Å². The molecule has 0 saturated heterocycles. The monoisotopic (exact) mass is 171 g/mol. The van der Waals surface area contributed by atoms with Gasteiger partial charge in [0.15, 0.2) is 0 Å². The summed E-state index contributed by atoms with van der Waals surface area (Å²) in [6.07, 6.45) is 3.28. The fraction of sp³-hybridized carbons (Fsp3) is 0.889. The summed E-state index contributed by atoms with van der Waals surface area (Å²) in [4.78, 5) is 4.38. The highest BCUT2D eigenvalue weighted by atomic mass is 15.3. The molecule has 3 nitrogen and oxygen atoms in total. The number of nitrogens with one attached hydrogen (secondary N) is 1. The van der Waals surface area contributed by atoms with Gasteiger partial charge in [0.2, 0.25) is 0 Å². The molecular formula is C9H21N3. The highest BCUT2D eigenvalue weighted by Gasteiger charge is 2.09. The van der Waals surface area contributed by atoms with Crippen molar-refractivity contribution in [2.24, 2.45) is 16.8 Å². The maximum absolute atomic E-state index is 5.38. The highest BCUT2D eigenvalue weighted by Crippen LogP contribution is 2.08. The van der Waals surface area contributed by atoms with E-state index in [9.17, 15) is 0 Å². The Bertz CT molecular complexity index is 128. The molecule has 0 aliphatic heterocycles. The first-order valence-electron chi connectivity index (χ1n) is 4.81. The average Bonchev–Trinajstić information content (AvgIpc) is 2.12. The molecule has 0 aromatic carbocycles. The lowest BCUT2D eigenvalue weighted by Gasteiger charge is -2.14. The molecule has 0 atom stereocenters. The smallest absolute Gasteiger partial charge is 0.113 e. The van der Waals surface area contributed by atoms with Gasteiger partial charge in [-0.05, 0) is 19.3 Å². The molecule has 3 heteroatoms. The van der Waals surface area contributed by atoms with Gasteiger partial charge in [0, 0.05) is 12.5 Å². The summed E-state index contributed by atoms with van der Waals surface area (Å²) in [6.45, 7) is 7.31. The summed E-state index contributed by atoms with van der Waals surface area (Å²) in [5, 5.41) is 0. The summed E-state index contributed by atoms with van der Waals surface area (Å²) < 4.78 is 0. The lowest BCUT2D eigenvalue weighted by atomic mass is 10.0. The van der Waals surface area contributed by atoms with E-state index in [0.717, 1.165) is 31.6 Å². The topological polar surface area (TPSA) is 50.4 Å². The van der Waals surface area contributed by atoms with Gasteiger partial charge < -0.3 is 5.43 Å². The van der Waals surface area contributed by atoms with Crippen LogP contribution < -0.4 is 11.3 Å². The number of hydrogen-bond donors (Lipinski definition) is 2. The lowest BCUT2D eigenvalue weighted by Crippen LogP contribution is -2.36. The van der Waals surface area contributed by atoms with Crippen molar-refractivity contribution in [2.75, 3.05) is 6.54 Å². The van der Waals surface area contributed by atoms with Crippen molar-refractivity contribution in [2.45, 2.75) is 40.0 Å². The van der Waals surface area contributed by atoms with Crippen LogP contribution in [0, 0.1) is 5.92 Å². The number of nitrogens with two attached hydrogens (primary N) is 1. The highest BCUT2D eigenvalue weighted by molar-refractivity contribution is 5.83. The van der Waals surface area contributed by atoms with Gasteiger partial charge in [-0.25, -0.2) is 5.84 Å². The first-order valence-corrected chi connectivity index (χ1v) is 4.81. The predicted molar refractivity (Wildman–Crippen MR) is 54.0 cm³/mol. The second kappa shape index (κ2) is 7.10. The zero-order valence-corrected chi connectivity index (χ0v) is 8.43. The van der Waals surface area contributed by atoms with Gasteiger partial charge in [-0.3, -0.25) is 4.99 Å². The second-order valence-corrected chi connectivity index (χ2v) is 2.92. The normalized spacial score (nSPS) is 12.2. The lowest BCUT2D eigenvalue weighted by molar-refractivity contribution is 0.616. The van der Waals surface area contributed by atoms with Gasteiger partial charge in [-0.2, -0.15) is 0 Å². The van der Waals surface area contributed by atoms with Gasteiger partial charge >= 0.3 is 0 Å². The molecule has 3 N–H and O–H groups in total. The fourth-order valence-corrected chi connectivity index (χ4v) is 1.20. The summed E-state index contributed by atoms with van der Waals surface area (Å²) in [5.41, 5.74) is 2.69. The van der Waals surface area contributed by atoms with Crippen LogP contribution in [0.3, 0.4) is 0 Å². The molecule has 0 spiro atoms. The van der Waals surface area contributed by atoms with Crippen LogP contribution in [0.4, 0.5) is 0 Å². The first kappa shape index (κ1) is 11.4. The molecule has 0 radical (unpaired) electrons. The van der Waals surface area contributed by atoms with Crippen molar-refractivity contribution in [1.82, 2.24) is 5.43 Å². The van der Waals surface area contributed by atoms with Gasteiger partial charge in [0.1, 0.15) is 5.84 Å². The Kier molecular flexibility index (Phi) is 6.76. The number of nitrogens with zero attached hydrogens (tertiary/aromatic N) is 1. The van der Waals surface area contributed by atoms with E-state index in [1.54, 1.807) is 0 Å². The van der Waals surface area contributed by atoms with Crippen LogP contribution in [0.15, 0.2) is 4.99 Å². The third kappa shape index (κ3) is 3.72. The van der Waals surface area contributed by atoms with Crippen LogP contribution in [-0.4, -0.2) is 12.4 Å². The Morgan fingerprint density at radius 1 is 1.33 bits per heavy atom. The van der Waals surface area contributed by atoms with E-state index in [1.165, 1.54) is 0 Å².